The molecule has 1 aromatic heterocycles. The zero-order valence-electron chi connectivity index (χ0n) is 8.90. The molecule has 0 amide bonds. The Morgan fingerprint density at radius 2 is 2.38 bits per heavy atom. The van der Waals surface area contributed by atoms with Gasteiger partial charge in [0.1, 0.15) is 5.69 Å². The molecule has 0 bridgehead atoms. The smallest absolute Gasteiger partial charge is 0.276 e. The van der Waals surface area contributed by atoms with Crippen LogP contribution in [-0.4, -0.2) is 41.4 Å². The van der Waals surface area contributed by atoms with Crippen molar-refractivity contribution in [1.82, 2.24) is 9.97 Å². The number of nitrogens with two attached hydrogens (primary N) is 1. The first-order valence-corrected chi connectivity index (χ1v) is 5.01. The van der Waals surface area contributed by atoms with Gasteiger partial charge >= 0.3 is 0 Å². The fourth-order valence-corrected chi connectivity index (χ4v) is 1.10. The molecule has 7 heteroatoms. The fraction of sp³-hybridized carbons (Fsp3) is 0.556. The van der Waals surface area contributed by atoms with Gasteiger partial charge in [0, 0.05) is 13.2 Å². The van der Waals surface area contributed by atoms with Gasteiger partial charge in [0.15, 0.2) is 5.82 Å². The van der Waals surface area contributed by atoms with Crippen molar-refractivity contribution in [1.29, 1.82) is 0 Å². The number of anilines is 2. The first-order chi connectivity index (χ1) is 7.75. The molecule has 0 fully saturated rings. The van der Waals surface area contributed by atoms with Crippen molar-refractivity contribution in [3.8, 4) is 0 Å². The summed E-state index contributed by atoms with van der Waals surface area (Å²) in [6.45, 7) is 1.50. The first-order valence-electron chi connectivity index (χ1n) is 5.01. The maximum absolute atomic E-state index is 11.1. The van der Waals surface area contributed by atoms with E-state index >= 15 is 0 Å². The van der Waals surface area contributed by atoms with E-state index in [1.807, 2.05) is 0 Å². The van der Waals surface area contributed by atoms with E-state index in [4.69, 9.17) is 15.6 Å². The summed E-state index contributed by atoms with van der Waals surface area (Å²) in [6.07, 6.45) is 2.04. The average molecular weight is 228 g/mol. The lowest BCUT2D eigenvalue weighted by Gasteiger charge is -2.06. The fourth-order valence-electron chi connectivity index (χ4n) is 1.10. The van der Waals surface area contributed by atoms with Crippen LogP contribution in [0.1, 0.15) is 6.42 Å². The molecule has 0 atom stereocenters. The van der Waals surface area contributed by atoms with Gasteiger partial charge in [-0.2, -0.15) is 0 Å². The predicted molar refractivity (Wildman–Crippen MR) is 60.3 cm³/mol. The van der Waals surface area contributed by atoms with Crippen LogP contribution >= 0.6 is 0 Å². The van der Waals surface area contributed by atoms with Crippen LogP contribution in [0.5, 0.6) is 0 Å². The lowest BCUT2D eigenvalue weighted by atomic mass is 10.4. The van der Waals surface area contributed by atoms with E-state index in [1.54, 1.807) is 0 Å². The molecule has 0 aliphatic heterocycles. The number of hydrogen-bond donors (Lipinski definition) is 4. The van der Waals surface area contributed by atoms with E-state index in [-0.39, 0.29) is 17.9 Å². The maximum Gasteiger partial charge on any atom is 0.276 e. The Morgan fingerprint density at radius 3 is 3.12 bits per heavy atom. The van der Waals surface area contributed by atoms with E-state index in [0.29, 0.717) is 25.6 Å². The molecule has 1 aromatic rings. The van der Waals surface area contributed by atoms with Crippen molar-refractivity contribution < 1.29 is 9.84 Å². The largest absolute Gasteiger partial charge is 0.394 e. The first kappa shape index (κ1) is 12.5. The van der Waals surface area contributed by atoms with Crippen molar-refractivity contribution in [3.63, 3.8) is 0 Å². The van der Waals surface area contributed by atoms with Gasteiger partial charge in [-0.25, -0.2) is 4.98 Å². The van der Waals surface area contributed by atoms with Gasteiger partial charge in [0.2, 0.25) is 0 Å². The second kappa shape index (κ2) is 6.81. The highest BCUT2D eigenvalue weighted by atomic mass is 16.5. The van der Waals surface area contributed by atoms with Gasteiger partial charge in [0.25, 0.3) is 5.56 Å². The van der Waals surface area contributed by atoms with E-state index in [1.165, 1.54) is 6.33 Å². The lowest BCUT2D eigenvalue weighted by Crippen LogP contribution is -2.17. The third kappa shape index (κ3) is 3.87. The highest BCUT2D eigenvalue weighted by molar-refractivity contribution is 5.58. The molecule has 0 aromatic carbocycles. The molecule has 0 saturated heterocycles. The number of nitrogens with zero attached hydrogens (tertiary/aromatic N) is 1. The van der Waals surface area contributed by atoms with Crippen LogP contribution in [0.3, 0.4) is 0 Å². The molecule has 1 rings (SSSR count). The van der Waals surface area contributed by atoms with E-state index in [2.05, 4.69) is 15.3 Å². The van der Waals surface area contributed by atoms with Gasteiger partial charge < -0.3 is 25.9 Å². The Labute approximate surface area is 92.7 Å². The second-order valence-corrected chi connectivity index (χ2v) is 3.11. The monoisotopic (exact) mass is 228 g/mol. The standard InChI is InChI=1S/C9H16N4O3/c10-7-8(12-6-13-9(7)15)11-2-1-4-16-5-3-14/h6,14H,1-5,10H2,(H2,11,12,13,15). The molecule has 0 spiro atoms. The van der Waals surface area contributed by atoms with Crippen LogP contribution in [0.15, 0.2) is 11.1 Å². The minimum Gasteiger partial charge on any atom is -0.394 e. The van der Waals surface area contributed by atoms with Gasteiger partial charge in [-0.15, -0.1) is 0 Å². The number of aromatic amines is 1. The summed E-state index contributed by atoms with van der Waals surface area (Å²) in [4.78, 5) is 17.4. The van der Waals surface area contributed by atoms with Crippen LogP contribution in [0.25, 0.3) is 0 Å². The molecular formula is C9H16N4O3. The molecule has 0 unspecified atom stereocenters. The Morgan fingerprint density at radius 1 is 1.56 bits per heavy atom. The van der Waals surface area contributed by atoms with Crippen LogP contribution in [0.4, 0.5) is 11.5 Å². The Kier molecular flexibility index (Phi) is 5.30. The number of hydrogen-bond acceptors (Lipinski definition) is 6. The highest BCUT2D eigenvalue weighted by Crippen LogP contribution is 2.06. The summed E-state index contributed by atoms with van der Waals surface area (Å²) >= 11 is 0. The zero-order chi connectivity index (χ0) is 11.8. The highest BCUT2D eigenvalue weighted by Gasteiger charge is 2.02. The average Bonchev–Trinajstić information content (AvgIpc) is 2.29. The molecule has 90 valence electrons. The Hall–Kier alpha value is -1.60. The molecule has 1 heterocycles. The van der Waals surface area contributed by atoms with Crippen molar-refractivity contribution >= 4 is 11.5 Å². The van der Waals surface area contributed by atoms with E-state index in [0.717, 1.165) is 6.42 Å². The summed E-state index contributed by atoms with van der Waals surface area (Å²) in [7, 11) is 0. The summed E-state index contributed by atoms with van der Waals surface area (Å²) < 4.78 is 5.07. The van der Waals surface area contributed by atoms with Gasteiger partial charge in [-0.1, -0.05) is 0 Å². The zero-order valence-corrected chi connectivity index (χ0v) is 8.90. The summed E-state index contributed by atoms with van der Waals surface area (Å²) in [5, 5.41) is 11.4. The summed E-state index contributed by atoms with van der Waals surface area (Å²) in [5.74, 6) is 0.380. The van der Waals surface area contributed by atoms with Crippen molar-refractivity contribution in [2.45, 2.75) is 6.42 Å². The van der Waals surface area contributed by atoms with Gasteiger partial charge in [-0.05, 0) is 6.42 Å². The number of H-pyrrole nitrogens is 1. The number of nitrogens with one attached hydrogen (secondary N) is 2. The number of nitrogen functional groups attached to an aromatic ring is 1. The Bertz CT molecular complexity index is 366. The molecule has 5 N–H and O–H groups in total. The third-order valence-corrected chi connectivity index (χ3v) is 1.88. The van der Waals surface area contributed by atoms with Crippen LogP contribution in [0.2, 0.25) is 0 Å². The van der Waals surface area contributed by atoms with Crippen molar-refractivity contribution in [3.05, 3.63) is 16.7 Å². The normalized spacial score (nSPS) is 10.3. The SMILES string of the molecule is Nc1c(NCCCOCCO)nc[nH]c1=O. The lowest BCUT2D eigenvalue weighted by molar-refractivity contribution is 0.0922. The van der Waals surface area contributed by atoms with Crippen LogP contribution < -0.4 is 16.6 Å². The van der Waals surface area contributed by atoms with Crippen molar-refractivity contribution in [2.24, 2.45) is 0 Å². The number of aromatic nitrogens is 2. The number of rotatable bonds is 7. The summed E-state index contributed by atoms with van der Waals surface area (Å²) in [6, 6.07) is 0. The number of ether oxygens (including phenoxy) is 1. The predicted octanol–water partition coefficient (Wildman–Crippen LogP) is -0.837. The third-order valence-electron chi connectivity index (χ3n) is 1.88. The van der Waals surface area contributed by atoms with Crippen molar-refractivity contribution in [2.75, 3.05) is 37.4 Å². The number of aliphatic hydroxyl groups excluding tert-OH is 1. The van der Waals surface area contributed by atoms with Gasteiger partial charge in [0.05, 0.1) is 19.5 Å². The van der Waals surface area contributed by atoms with Gasteiger partial charge in [-0.3, -0.25) is 4.79 Å². The summed E-state index contributed by atoms with van der Waals surface area (Å²) in [5.41, 5.74) is 5.24. The molecule has 0 aliphatic rings. The van der Waals surface area contributed by atoms with E-state index < -0.39 is 0 Å². The van der Waals surface area contributed by atoms with E-state index in [9.17, 15) is 4.79 Å². The van der Waals surface area contributed by atoms with Crippen LogP contribution in [-0.2, 0) is 4.74 Å². The topological polar surface area (TPSA) is 113 Å². The number of aliphatic hydroxyl groups is 1. The quantitative estimate of drug-likeness (QED) is 0.453. The van der Waals surface area contributed by atoms with Crippen LogP contribution in [0, 0.1) is 0 Å². The molecule has 0 aliphatic carbocycles. The molecular weight excluding hydrogens is 212 g/mol. The molecule has 0 saturated carbocycles. The maximum atomic E-state index is 11.1. The molecule has 16 heavy (non-hydrogen) atoms. The minimum atomic E-state index is -0.353. The molecule has 7 nitrogen and oxygen atoms in total. The second-order valence-electron chi connectivity index (χ2n) is 3.11. The molecule has 0 radical (unpaired) electrons. The minimum absolute atomic E-state index is 0.0238. The Balaban J connectivity index is 2.27.